The van der Waals surface area contributed by atoms with Crippen molar-refractivity contribution >= 4 is 27.5 Å². The summed E-state index contributed by atoms with van der Waals surface area (Å²) in [5.41, 5.74) is 2.06. The van der Waals surface area contributed by atoms with Gasteiger partial charge in [-0.2, -0.15) is 0 Å². The van der Waals surface area contributed by atoms with Crippen molar-refractivity contribution in [3.05, 3.63) is 95.8 Å². The van der Waals surface area contributed by atoms with Crippen LogP contribution in [0.3, 0.4) is 0 Å². The Labute approximate surface area is 253 Å². The van der Waals surface area contributed by atoms with Crippen LogP contribution in [-0.4, -0.2) is 57.1 Å². The Hall–Kier alpha value is -3.92. The molecule has 43 heavy (non-hydrogen) atoms. The summed E-state index contributed by atoms with van der Waals surface area (Å²) in [6.45, 7) is 0.209. The fraction of sp³-hybridized carbons (Fsp3) is 0.394. The number of hydrogen-bond donors (Lipinski definition) is 1. The van der Waals surface area contributed by atoms with E-state index in [0.717, 1.165) is 43.1 Å². The summed E-state index contributed by atoms with van der Waals surface area (Å²) >= 11 is 0. The van der Waals surface area contributed by atoms with Gasteiger partial charge >= 0.3 is 0 Å². The molecule has 3 aromatic rings. The van der Waals surface area contributed by atoms with E-state index in [1.165, 1.54) is 28.6 Å². The number of carbonyl (C=O) groups excluding carboxylic acids is 2. The van der Waals surface area contributed by atoms with Gasteiger partial charge in [0.1, 0.15) is 17.6 Å². The molecule has 0 bridgehead atoms. The predicted molar refractivity (Wildman–Crippen MR) is 166 cm³/mol. The molecule has 0 radical (unpaired) electrons. The molecule has 230 valence electrons. The molecule has 0 spiro atoms. The maximum Gasteiger partial charge on any atom is 0.243 e. The Bertz CT molecular complexity index is 1460. The number of ether oxygens (including phenoxy) is 1. The summed E-state index contributed by atoms with van der Waals surface area (Å²) in [6, 6.07) is 21.5. The molecule has 2 amide bonds. The topological polar surface area (TPSA) is 96.0 Å². The average Bonchev–Trinajstić information content (AvgIpc) is 3.50. The number of carbonyl (C=O) groups is 2. The van der Waals surface area contributed by atoms with E-state index in [2.05, 4.69) is 5.32 Å². The number of anilines is 1. The third-order valence-electron chi connectivity index (χ3n) is 7.73. The number of nitrogens with zero attached hydrogens (tertiary/aromatic N) is 2. The molecule has 0 aromatic heterocycles. The van der Waals surface area contributed by atoms with Crippen LogP contribution in [-0.2, 0) is 32.6 Å². The predicted octanol–water partition coefficient (Wildman–Crippen LogP) is 5.08. The minimum absolute atomic E-state index is 0.0131. The lowest BCUT2D eigenvalue weighted by Gasteiger charge is -2.33. The lowest BCUT2D eigenvalue weighted by atomic mass is 10.0. The second-order valence-corrected chi connectivity index (χ2v) is 12.9. The summed E-state index contributed by atoms with van der Waals surface area (Å²) in [5, 5.41) is 3.19. The van der Waals surface area contributed by atoms with E-state index in [4.69, 9.17) is 4.74 Å². The van der Waals surface area contributed by atoms with Gasteiger partial charge in [0.05, 0.1) is 19.1 Å². The van der Waals surface area contributed by atoms with Gasteiger partial charge in [0.2, 0.25) is 21.8 Å². The molecule has 1 N–H and O–H groups in total. The minimum atomic E-state index is -3.68. The Kier molecular flexibility index (Phi) is 11.2. The van der Waals surface area contributed by atoms with Gasteiger partial charge in [-0.25, -0.2) is 12.8 Å². The number of nitrogens with one attached hydrogen (secondary N) is 1. The summed E-state index contributed by atoms with van der Waals surface area (Å²) in [5.74, 6) is -0.294. The molecule has 3 aromatic carbocycles. The molecule has 1 atom stereocenters. The zero-order chi connectivity index (χ0) is 30.8. The van der Waals surface area contributed by atoms with Gasteiger partial charge in [0.15, 0.2) is 0 Å². The summed E-state index contributed by atoms with van der Waals surface area (Å²) in [7, 11) is -2.11. The fourth-order valence-corrected chi connectivity index (χ4v) is 6.47. The number of benzene rings is 3. The Morgan fingerprint density at radius 1 is 0.977 bits per heavy atom. The monoisotopic (exact) mass is 609 g/mol. The van der Waals surface area contributed by atoms with Crippen molar-refractivity contribution in [2.45, 2.75) is 63.6 Å². The largest absolute Gasteiger partial charge is 0.497 e. The average molecular weight is 610 g/mol. The molecule has 4 rings (SSSR count). The highest BCUT2D eigenvalue weighted by atomic mass is 32.2. The van der Waals surface area contributed by atoms with Crippen LogP contribution < -0.4 is 14.4 Å². The zero-order valence-electron chi connectivity index (χ0n) is 24.7. The van der Waals surface area contributed by atoms with E-state index in [9.17, 15) is 22.4 Å². The van der Waals surface area contributed by atoms with Crippen molar-refractivity contribution in [3.8, 4) is 5.75 Å². The molecule has 1 aliphatic rings. The van der Waals surface area contributed by atoms with Crippen molar-refractivity contribution < 1.29 is 27.1 Å². The smallest absolute Gasteiger partial charge is 0.243 e. The quantitative estimate of drug-likeness (QED) is 0.275. The van der Waals surface area contributed by atoms with E-state index < -0.39 is 21.9 Å². The van der Waals surface area contributed by atoms with Crippen LogP contribution in [0.25, 0.3) is 0 Å². The normalized spacial score (nSPS) is 14.2. The number of sulfonamides is 1. The number of rotatable bonds is 14. The minimum Gasteiger partial charge on any atom is -0.497 e. The first-order chi connectivity index (χ1) is 20.6. The van der Waals surface area contributed by atoms with Crippen LogP contribution in [0.2, 0.25) is 0 Å². The Morgan fingerprint density at radius 2 is 1.65 bits per heavy atom. The lowest BCUT2D eigenvalue weighted by Crippen LogP contribution is -2.52. The number of amides is 2. The van der Waals surface area contributed by atoms with Crippen LogP contribution in [0, 0.1) is 5.82 Å². The van der Waals surface area contributed by atoms with E-state index >= 15 is 0 Å². The second-order valence-electron chi connectivity index (χ2n) is 11.0. The molecular formula is C33H40FN3O5S. The lowest BCUT2D eigenvalue weighted by molar-refractivity contribution is -0.141. The summed E-state index contributed by atoms with van der Waals surface area (Å²) in [4.78, 5) is 29.4. The first kappa shape index (κ1) is 32.0. The van der Waals surface area contributed by atoms with Gasteiger partial charge < -0.3 is 15.0 Å². The molecule has 1 fully saturated rings. The van der Waals surface area contributed by atoms with Crippen molar-refractivity contribution in [3.63, 3.8) is 0 Å². The third-order valence-corrected chi connectivity index (χ3v) is 8.92. The number of methoxy groups -OCH3 is 1. The Morgan fingerprint density at radius 3 is 2.30 bits per heavy atom. The third kappa shape index (κ3) is 9.28. The first-order valence-electron chi connectivity index (χ1n) is 14.6. The SMILES string of the molecule is COc1cccc(CN(C(=O)CCCN(c2ccc(F)cc2)S(C)(=O)=O)C(Cc2ccccc2)C(=O)NC2CCCC2)c1. The zero-order valence-corrected chi connectivity index (χ0v) is 25.6. The molecule has 10 heteroatoms. The number of hydrogen-bond acceptors (Lipinski definition) is 5. The van der Waals surface area contributed by atoms with Crippen molar-refractivity contribution in [2.75, 3.05) is 24.2 Å². The maximum atomic E-state index is 14.0. The van der Waals surface area contributed by atoms with Crippen LogP contribution >= 0.6 is 0 Å². The van der Waals surface area contributed by atoms with E-state index in [1.54, 1.807) is 12.0 Å². The van der Waals surface area contributed by atoms with Gasteiger partial charge in [-0.1, -0.05) is 55.3 Å². The number of halogens is 1. The molecule has 0 saturated heterocycles. The van der Waals surface area contributed by atoms with Crippen LogP contribution in [0.15, 0.2) is 78.9 Å². The molecule has 0 aliphatic heterocycles. The van der Waals surface area contributed by atoms with Gasteiger partial charge in [-0.05, 0) is 66.8 Å². The van der Waals surface area contributed by atoms with E-state index in [0.29, 0.717) is 17.9 Å². The van der Waals surface area contributed by atoms with Crippen LogP contribution in [0.4, 0.5) is 10.1 Å². The second kappa shape index (κ2) is 15.0. The van der Waals surface area contributed by atoms with Crippen molar-refractivity contribution in [1.29, 1.82) is 0 Å². The highest BCUT2D eigenvalue weighted by molar-refractivity contribution is 7.92. The fourth-order valence-electron chi connectivity index (χ4n) is 5.50. The van der Waals surface area contributed by atoms with Gasteiger partial charge in [-0.15, -0.1) is 0 Å². The van der Waals surface area contributed by atoms with E-state index in [1.807, 2.05) is 54.6 Å². The first-order valence-corrected chi connectivity index (χ1v) is 16.5. The van der Waals surface area contributed by atoms with Crippen LogP contribution in [0.5, 0.6) is 5.75 Å². The molecule has 8 nitrogen and oxygen atoms in total. The molecule has 1 aliphatic carbocycles. The molecule has 0 heterocycles. The van der Waals surface area contributed by atoms with Gasteiger partial charge in [-0.3, -0.25) is 13.9 Å². The van der Waals surface area contributed by atoms with Crippen molar-refractivity contribution in [2.24, 2.45) is 0 Å². The van der Waals surface area contributed by atoms with Crippen molar-refractivity contribution in [1.82, 2.24) is 10.2 Å². The maximum absolute atomic E-state index is 14.0. The van der Waals surface area contributed by atoms with Gasteiger partial charge in [0, 0.05) is 32.0 Å². The van der Waals surface area contributed by atoms with E-state index in [-0.39, 0.29) is 43.8 Å². The summed E-state index contributed by atoms with van der Waals surface area (Å²) < 4.78 is 45.2. The molecule has 1 unspecified atom stereocenters. The standard InChI is InChI=1S/C33H40FN3O5S/c1-42-30-15-8-12-26(22-30)24-36(31(23-25-10-4-3-5-11-25)33(39)35-28-13-6-7-14-28)32(38)16-9-21-37(43(2,40)41)29-19-17-27(34)18-20-29/h3-5,8,10-12,15,17-20,22,28,31H,6-7,9,13-14,16,21,23-24H2,1-2H3,(H,35,39). The van der Waals surface area contributed by atoms with Gasteiger partial charge in [0.25, 0.3) is 0 Å². The Balaban J connectivity index is 1.59. The highest BCUT2D eigenvalue weighted by Crippen LogP contribution is 2.23. The van der Waals surface area contributed by atoms with Crippen LogP contribution in [0.1, 0.15) is 49.7 Å². The molecular weight excluding hydrogens is 569 g/mol. The summed E-state index contributed by atoms with van der Waals surface area (Å²) in [6.07, 6.45) is 5.59. The molecule has 1 saturated carbocycles. The highest BCUT2D eigenvalue weighted by Gasteiger charge is 2.32.